The first-order valence-electron chi connectivity index (χ1n) is 8.05. The molecule has 1 nitrogen and oxygen atoms in total. The largest absolute Gasteiger partial charge is 0.378 e. The second-order valence-electron chi connectivity index (χ2n) is 5.61. The van der Waals surface area contributed by atoms with Crippen molar-refractivity contribution in [3.8, 4) is 0 Å². The van der Waals surface area contributed by atoms with Crippen molar-refractivity contribution < 1.29 is 4.74 Å². The van der Waals surface area contributed by atoms with Gasteiger partial charge in [0, 0.05) is 6.61 Å². The van der Waals surface area contributed by atoms with E-state index in [1.165, 1.54) is 77.0 Å². The van der Waals surface area contributed by atoms with Gasteiger partial charge in [-0.1, -0.05) is 71.1 Å². The molecule has 1 rings (SSSR count). The molecular formula is C16H32O. The van der Waals surface area contributed by atoms with Crippen LogP contribution in [0.2, 0.25) is 0 Å². The average molecular weight is 240 g/mol. The van der Waals surface area contributed by atoms with Gasteiger partial charge in [-0.25, -0.2) is 0 Å². The SMILES string of the molecule is CCCOC1CCCCCCCCCCCC1. The highest BCUT2D eigenvalue weighted by atomic mass is 16.5. The fourth-order valence-electron chi connectivity index (χ4n) is 2.75. The van der Waals surface area contributed by atoms with Crippen LogP contribution in [0.15, 0.2) is 0 Å². The van der Waals surface area contributed by atoms with Crippen molar-refractivity contribution in [3.05, 3.63) is 0 Å². The van der Waals surface area contributed by atoms with E-state index in [9.17, 15) is 0 Å². The summed E-state index contributed by atoms with van der Waals surface area (Å²) in [4.78, 5) is 0. The molecule has 0 saturated heterocycles. The minimum Gasteiger partial charge on any atom is -0.378 e. The lowest BCUT2D eigenvalue weighted by Crippen LogP contribution is -2.13. The van der Waals surface area contributed by atoms with Gasteiger partial charge in [0.2, 0.25) is 0 Å². The normalized spacial score (nSPS) is 22.4. The van der Waals surface area contributed by atoms with Crippen LogP contribution in [-0.2, 0) is 4.74 Å². The van der Waals surface area contributed by atoms with Crippen molar-refractivity contribution in [2.75, 3.05) is 6.61 Å². The third-order valence-corrected chi connectivity index (χ3v) is 3.86. The van der Waals surface area contributed by atoms with Gasteiger partial charge in [-0.05, 0) is 19.3 Å². The van der Waals surface area contributed by atoms with Crippen LogP contribution in [-0.4, -0.2) is 12.7 Å². The lowest BCUT2D eigenvalue weighted by Gasteiger charge is -2.17. The van der Waals surface area contributed by atoms with E-state index in [1.54, 1.807) is 0 Å². The van der Waals surface area contributed by atoms with Crippen molar-refractivity contribution in [1.29, 1.82) is 0 Å². The third kappa shape index (κ3) is 8.65. The van der Waals surface area contributed by atoms with E-state index in [4.69, 9.17) is 4.74 Å². The highest BCUT2D eigenvalue weighted by molar-refractivity contribution is 4.61. The summed E-state index contributed by atoms with van der Waals surface area (Å²) in [6, 6.07) is 0. The third-order valence-electron chi connectivity index (χ3n) is 3.86. The maximum atomic E-state index is 5.97. The summed E-state index contributed by atoms with van der Waals surface area (Å²) in [7, 11) is 0. The predicted molar refractivity (Wildman–Crippen MR) is 75.4 cm³/mol. The summed E-state index contributed by atoms with van der Waals surface area (Å²) in [5.41, 5.74) is 0. The molecule has 0 N–H and O–H groups in total. The van der Waals surface area contributed by atoms with Gasteiger partial charge in [0.15, 0.2) is 0 Å². The van der Waals surface area contributed by atoms with Gasteiger partial charge in [0.05, 0.1) is 6.10 Å². The molecule has 0 unspecified atom stereocenters. The van der Waals surface area contributed by atoms with Gasteiger partial charge in [0.25, 0.3) is 0 Å². The first-order valence-corrected chi connectivity index (χ1v) is 8.05. The van der Waals surface area contributed by atoms with Gasteiger partial charge in [-0.2, -0.15) is 0 Å². The minimum absolute atomic E-state index is 0.565. The van der Waals surface area contributed by atoms with Crippen LogP contribution in [0, 0.1) is 0 Å². The summed E-state index contributed by atoms with van der Waals surface area (Å²) in [6.07, 6.45) is 18.7. The van der Waals surface area contributed by atoms with E-state index >= 15 is 0 Å². The Morgan fingerprint density at radius 3 is 1.53 bits per heavy atom. The summed E-state index contributed by atoms with van der Waals surface area (Å²) in [5, 5.41) is 0. The number of rotatable bonds is 3. The zero-order chi connectivity index (χ0) is 12.2. The van der Waals surface area contributed by atoms with Crippen molar-refractivity contribution in [1.82, 2.24) is 0 Å². The first kappa shape index (κ1) is 15.0. The standard InChI is InChI=1S/C16H32O/c1-2-15-17-16-13-11-9-7-5-3-4-6-8-10-12-14-16/h16H,2-15H2,1H3. The topological polar surface area (TPSA) is 9.23 Å². The minimum atomic E-state index is 0.565. The van der Waals surface area contributed by atoms with Crippen LogP contribution in [0.25, 0.3) is 0 Å². The highest BCUT2D eigenvalue weighted by Crippen LogP contribution is 2.18. The van der Waals surface area contributed by atoms with Crippen molar-refractivity contribution in [2.45, 2.75) is 96.5 Å². The van der Waals surface area contributed by atoms with E-state index < -0.39 is 0 Å². The Kier molecular flexibility index (Phi) is 9.78. The Hall–Kier alpha value is -0.0400. The zero-order valence-electron chi connectivity index (χ0n) is 11.9. The molecule has 1 aliphatic carbocycles. The average Bonchev–Trinajstić information content (AvgIpc) is 2.37. The second-order valence-corrected chi connectivity index (χ2v) is 5.61. The fourth-order valence-corrected chi connectivity index (χ4v) is 2.75. The molecule has 0 radical (unpaired) electrons. The molecule has 0 aromatic carbocycles. The fraction of sp³-hybridized carbons (Fsp3) is 1.00. The molecule has 0 aromatic rings. The Labute approximate surface area is 108 Å². The molecule has 0 aliphatic heterocycles. The van der Waals surface area contributed by atoms with Crippen LogP contribution in [0.1, 0.15) is 90.4 Å². The predicted octanol–water partition coefficient (Wildman–Crippen LogP) is 5.48. The molecule has 0 heterocycles. The lowest BCUT2D eigenvalue weighted by molar-refractivity contribution is 0.0386. The summed E-state index contributed by atoms with van der Waals surface area (Å²) >= 11 is 0. The van der Waals surface area contributed by atoms with Gasteiger partial charge in [-0.3, -0.25) is 0 Å². The number of hydrogen-bond donors (Lipinski definition) is 0. The Bertz CT molecular complexity index is 142. The number of hydrogen-bond acceptors (Lipinski definition) is 1. The van der Waals surface area contributed by atoms with E-state index in [0.29, 0.717) is 6.10 Å². The molecular weight excluding hydrogens is 208 g/mol. The van der Waals surface area contributed by atoms with Gasteiger partial charge < -0.3 is 4.74 Å². The molecule has 1 heteroatoms. The summed E-state index contributed by atoms with van der Waals surface area (Å²) < 4.78 is 5.97. The molecule has 0 bridgehead atoms. The molecule has 17 heavy (non-hydrogen) atoms. The van der Waals surface area contributed by atoms with Crippen molar-refractivity contribution in [3.63, 3.8) is 0 Å². The Morgan fingerprint density at radius 2 is 1.12 bits per heavy atom. The molecule has 0 spiro atoms. The maximum absolute atomic E-state index is 5.97. The summed E-state index contributed by atoms with van der Waals surface area (Å²) in [5.74, 6) is 0. The maximum Gasteiger partial charge on any atom is 0.0575 e. The van der Waals surface area contributed by atoms with Gasteiger partial charge in [-0.15, -0.1) is 0 Å². The molecule has 1 aliphatic rings. The van der Waals surface area contributed by atoms with Crippen LogP contribution >= 0.6 is 0 Å². The van der Waals surface area contributed by atoms with Crippen LogP contribution in [0.3, 0.4) is 0 Å². The molecule has 0 atom stereocenters. The van der Waals surface area contributed by atoms with E-state index in [0.717, 1.165) is 13.0 Å². The van der Waals surface area contributed by atoms with Crippen LogP contribution in [0.4, 0.5) is 0 Å². The molecule has 1 saturated carbocycles. The first-order chi connectivity index (χ1) is 8.43. The van der Waals surface area contributed by atoms with Gasteiger partial charge in [0.1, 0.15) is 0 Å². The molecule has 102 valence electrons. The van der Waals surface area contributed by atoms with E-state index in [-0.39, 0.29) is 0 Å². The highest BCUT2D eigenvalue weighted by Gasteiger charge is 2.08. The van der Waals surface area contributed by atoms with E-state index in [2.05, 4.69) is 6.92 Å². The number of ether oxygens (including phenoxy) is 1. The lowest BCUT2D eigenvalue weighted by atomic mass is 10.0. The monoisotopic (exact) mass is 240 g/mol. The Balaban J connectivity index is 2.20. The smallest absolute Gasteiger partial charge is 0.0575 e. The Morgan fingerprint density at radius 1 is 0.706 bits per heavy atom. The van der Waals surface area contributed by atoms with Crippen LogP contribution < -0.4 is 0 Å². The second kappa shape index (κ2) is 11.1. The molecule has 0 aromatic heterocycles. The molecule has 1 fully saturated rings. The summed E-state index contributed by atoms with van der Waals surface area (Å²) in [6.45, 7) is 3.17. The van der Waals surface area contributed by atoms with E-state index in [1.807, 2.05) is 0 Å². The zero-order valence-corrected chi connectivity index (χ0v) is 11.9. The van der Waals surface area contributed by atoms with Gasteiger partial charge >= 0.3 is 0 Å². The van der Waals surface area contributed by atoms with Crippen molar-refractivity contribution >= 4 is 0 Å². The van der Waals surface area contributed by atoms with Crippen molar-refractivity contribution in [2.24, 2.45) is 0 Å². The van der Waals surface area contributed by atoms with Crippen LogP contribution in [0.5, 0.6) is 0 Å². The molecule has 0 amide bonds. The quantitative estimate of drug-likeness (QED) is 0.635.